The fraction of sp³-hybridized carbons (Fsp3) is 0.250. The van der Waals surface area contributed by atoms with E-state index in [1.54, 1.807) is 30.5 Å². The topological polar surface area (TPSA) is 92.9 Å². The number of nitrogens with zero attached hydrogens (tertiary/aromatic N) is 4. The number of aromatic hydroxyl groups is 1. The monoisotopic (exact) mass is 491 g/mol. The number of nitrogens with one attached hydrogen (secondary N) is 1. The van der Waals surface area contributed by atoms with Gasteiger partial charge in [0.05, 0.1) is 16.6 Å². The van der Waals surface area contributed by atoms with E-state index >= 15 is 0 Å². The Morgan fingerprint density at radius 3 is 2.75 bits per heavy atom. The number of aryl methyl sites for hydroxylation is 1. The molecule has 7 nitrogen and oxygen atoms in total. The molecule has 1 aliphatic rings. The van der Waals surface area contributed by atoms with Crippen LogP contribution < -0.4 is 5.32 Å². The number of aromatic nitrogens is 4. The zero-order valence-electron chi connectivity index (χ0n) is 17.3. The van der Waals surface area contributed by atoms with Crippen molar-refractivity contribution in [1.82, 2.24) is 19.7 Å². The zero-order valence-corrected chi connectivity index (χ0v) is 18.9. The molecule has 0 radical (unpaired) electrons. The maximum atomic E-state index is 12.7. The van der Waals surface area contributed by atoms with Gasteiger partial charge in [0.15, 0.2) is 11.5 Å². The van der Waals surface area contributed by atoms with Crippen LogP contribution in [0.1, 0.15) is 36.0 Å². The normalized spacial score (nSPS) is 13.4. The van der Waals surface area contributed by atoms with Gasteiger partial charge >= 0.3 is 0 Å². The molecule has 1 aromatic carbocycles. The van der Waals surface area contributed by atoms with Crippen LogP contribution in [0.2, 0.25) is 0 Å². The largest absolute Gasteiger partial charge is 0.508 e. The Kier molecular flexibility index (Phi) is 5.61. The van der Waals surface area contributed by atoms with Gasteiger partial charge in [0.1, 0.15) is 5.75 Å². The van der Waals surface area contributed by atoms with E-state index in [0.29, 0.717) is 17.0 Å². The summed E-state index contributed by atoms with van der Waals surface area (Å²) in [6.45, 7) is 0.736. The highest BCUT2D eigenvalue weighted by atomic mass is 79.9. The number of phenols is 1. The molecule has 0 aliphatic heterocycles. The molecule has 0 spiro atoms. The van der Waals surface area contributed by atoms with Gasteiger partial charge in [0, 0.05) is 29.0 Å². The minimum Gasteiger partial charge on any atom is -0.508 e. The molecule has 5 rings (SSSR count). The molecule has 1 amide bonds. The predicted octanol–water partition coefficient (Wildman–Crippen LogP) is 5.40. The minimum absolute atomic E-state index is 0.205. The maximum absolute atomic E-state index is 12.7. The molecule has 0 unspecified atom stereocenters. The van der Waals surface area contributed by atoms with E-state index in [9.17, 15) is 9.90 Å². The van der Waals surface area contributed by atoms with Gasteiger partial charge in [-0.15, -0.1) is 0 Å². The second kappa shape index (κ2) is 8.70. The van der Waals surface area contributed by atoms with E-state index in [1.165, 1.54) is 25.5 Å². The number of rotatable bonds is 7. The Labute approximate surface area is 193 Å². The molecule has 0 bridgehead atoms. The van der Waals surface area contributed by atoms with Crippen molar-refractivity contribution in [1.29, 1.82) is 0 Å². The molecule has 1 saturated carbocycles. The third kappa shape index (κ3) is 4.36. The van der Waals surface area contributed by atoms with Crippen LogP contribution >= 0.6 is 15.9 Å². The average Bonchev–Trinajstić information content (AvgIpc) is 3.58. The Hall–Kier alpha value is -3.26. The van der Waals surface area contributed by atoms with Crippen molar-refractivity contribution in [3.63, 3.8) is 0 Å². The summed E-state index contributed by atoms with van der Waals surface area (Å²) in [5, 5.41) is 18.0. The summed E-state index contributed by atoms with van der Waals surface area (Å²) >= 11 is 3.62. The summed E-state index contributed by atoms with van der Waals surface area (Å²) in [7, 11) is 0. The first kappa shape index (κ1) is 20.6. The summed E-state index contributed by atoms with van der Waals surface area (Å²) in [5.41, 5.74) is 2.82. The summed E-state index contributed by atoms with van der Waals surface area (Å²) in [6.07, 6.45) is 8.00. The smallest absolute Gasteiger partial charge is 0.258 e. The number of hydrogen-bond donors (Lipinski definition) is 2. The molecule has 4 aromatic rings. The molecular weight excluding hydrogens is 470 g/mol. The summed E-state index contributed by atoms with van der Waals surface area (Å²) in [6, 6.07) is 12.3. The molecule has 32 heavy (non-hydrogen) atoms. The first-order chi connectivity index (χ1) is 15.6. The summed E-state index contributed by atoms with van der Waals surface area (Å²) in [4.78, 5) is 21.6. The van der Waals surface area contributed by atoms with Crippen LogP contribution in [0.5, 0.6) is 5.75 Å². The van der Waals surface area contributed by atoms with Crippen LogP contribution in [0.25, 0.3) is 22.3 Å². The van der Waals surface area contributed by atoms with Crippen molar-refractivity contribution in [2.45, 2.75) is 32.2 Å². The number of fused-ring (bicyclic) bond motifs is 1. The molecule has 1 fully saturated rings. The van der Waals surface area contributed by atoms with Gasteiger partial charge < -0.3 is 10.4 Å². The van der Waals surface area contributed by atoms with E-state index < -0.39 is 0 Å². The predicted molar refractivity (Wildman–Crippen MR) is 126 cm³/mol. The number of hydrogen-bond acceptors (Lipinski definition) is 5. The highest BCUT2D eigenvalue weighted by Crippen LogP contribution is 2.35. The lowest BCUT2D eigenvalue weighted by atomic mass is 10.1. The average molecular weight is 492 g/mol. The highest BCUT2D eigenvalue weighted by Gasteiger charge is 2.22. The van der Waals surface area contributed by atoms with E-state index in [4.69, 9.17) is 10.1 Å². The maximum Gasteiger partial charge on any atom is 0.258 e. The van der Waals surface area contributed by atoms with Crippen LogP contribution in [0, 0.1) is 5.92 Å². The molecule has 3 aromatic heterocycles. The van der Waals surface area contributed by atoms with E-state index in [2.05, 4.69) is 26.2 Å². The number of phenolic OH excluding ortho intramolecular Hbond substituents is 1. The summed E-state index contributed by atoms with van der Waals surface area (Å²) in [5.74, 6) is 1.26. The zero-order chi connectivity index (χ0) is 22.1. The Morgan fingerprint density at radius 1 is 1.22 bits per heavy atom. The van der Waals surface area contributed by atoms with Crippen molar-refractivity contribution in [2.24, 2.45) is 5.92 Å². The Balaban J connectivity index is 1.53. The first-order valence-electron chi connectivity index (χ1n) is 10.7. The molecule has 162 valence electrons. The molecule has 2 N–H and O–H groups in total. The van der Waals surface area contributed by atoms with E-state index in [-0.39, 0.29) is 11.7 Å². The van der Waals surface area contributed by atoms with Gasteiger partial charge in [-0.1, -0.05) is 12.8 Å². The van der Waals surface area contributed by atoms with Gasteiger partial charge in [-0.05, 0) is 77.2 Å². The number of amides is 1. The molecule has 0 saturated heterocycles. The second-order valence-corrected chi connectivity index (χ2v) is 8.94. The van der Waals surface area contributed by atoms with E-state index in [0.717, 1.165) is 40.0 Å². The lowest BCUT2D eigenvalue weighted by Crippen LogP contribution is -2.13. The quantitative estimate of drug-likeness (QED) is 0.360. The first-order valence-corrected chi connectivity index (χ1v) is 11.5. The molecule has 0 atom stereocenters. The van der Waals surface area contributed by atoms with Gasteiger partial charge in [-0.25, -0.2) is 9.67 Å². The lowest BCUT2D eigenvalue weighted by molar-refractivity contribution is 0.102. The van der Waals surface area contributed by atoms with Crippen molar-refractivity contribution >= 4 is 38.7 Å². The van der Waals surface area contributed by atoms with Gasteiger partial charge in [-0.2, -0.15) is 5.10 Å². The van der Waals surface area contributed by atoms with Crippen LogP contribution in [-0.2, 0) is 6.54 Å². The summed E-state index contributed by atoms with van der Waals surface area (Å²) < 4.78 is 2.66. The van der Waals surface area contributed by atoms with Crippen LogP contribution in [0.3, 0.4) is 0 Å². The van der Waals surface area contributed by atoms with Crippen molar-refractivity contribution in [2.75, 3.05) is 5.32 Å². The van der Waals surface area contributed by atoms with Crippen LogP contribution in [-0.4, -0.2) is 30.8 Å². The van der Waals surface area contributed by atoms with Gasteiger partial charge in [0.2, 0.25) is 0 Å². The standard InChI is InChI=1S/C24H22BrN5O2/c25-20-13-19-22(28-24(32)17-4-1-11-26-14-17)29-30(12-2-3-15-5-6-15)23(19)27-21(20)16-7-9-18(31)10-8-16/h1,4,7-11,13-15,31H,2-3,5-6,12H2,(H,28,29,32). The number of anilines is 1. The van der Waals surface area contributed by atoms with Crippen molar-refractivity contribution < 1.29 is 9.90 Å². The number of benzene rings is 1. The number of pyridine rings is 2. The fourth-order valence-electron chi connectivity index (χ4n) is 3.76. The molecule has 1 aliphatic carbocycles. The number of carbonyl (C=O) groups is 1. The Morgan fingerprint density at radius 2 is 2.03 bits per heavy atom. The van der Waals surface area contributed by atoms with Gasteiger partial charge in [0.25, 0.3) is 5.91 Å². The van der Waals surface area contributed by atoms with Crippen LogP contribution in [0.4, 0.5) is 5.82 Å². The lowest BCUT2D eigenvalue weighted by Gasteiger charge is -2.07. The minimum atomic E-state index is -0.263. The highest BCUT2D eigenvalue weighted by molar-refractivity contribution is 9.10. The molecular formula is C24H22BrN5O2. The third-order valence-corrected chi connectivity index (χ3v) is 6.26. The van der Waals surface area contributed by atoms with Crippen molar-refractivity contribution in [3.8, 4) is 17.0 Å². The number of carbonyl (C=O) groups excluding carboxylic acids is 1. The van der Waals surface area contributed by atoms with Crippen molar-refractivity contribution in [3.05, 3.63) is 64.9 Å². The van der Waals surface area contributed by atoms with Crippen LogP contribution in [0.15, 0.2) is 59.3 Å². The molecule has 3 heterocycles. The fourth-order valence-corrected chi connectivity index (χ4v) is 4.30. The Bertz CT molecular complexity index is 1270. The van der Waals surface area contributed by atoms with E-state index in [1.807, 2.05) is 22.9 Å². The van der Waals surface area contributed by atoms with Gasteiger partial charge in [-0.3, -0.25) is 9.78 Å². The number of halogens is 1. The SMILES string of the molecule is O=C(Nc1nn(CCCC2CC2)c2nc(-c3ccc(O)cc3)c(Br)cc12)c1cccnc1. The molecule has 8 heteroatoms. The third-order valence-electron chi connectivity index (χ3n) is 5.65. The second-order valence-electron chi connectivity index (χ2n) is 8.09.